The number of hydrogen-bond donors (Lipinski definition) is 1. The fourth-order valence-corrected chi connectivity index (χ4v) is 2.84. The molecular formula is C24H28O4. The van der Waals surface area contributed by atoms with Crippen LogP contribution in [0.15, 0.2) is 48.6 Å². The topological polar surface area (TPSA) is 55.8 Å². The summed E-state index contributed by atoms with van der Waals surface area (Å²) in [7, 11) is 1.55. The van der Waals surface area contributed by atoms with Gasteiger partial charge in [-0.2, -0.15) is 0 Å². The fourth-order valence-electron chi connectivity index (χ4n) is 2.84. The van der Waals surface area contributed by atoms with Crippen LogP contribution >= 0.6 is 0 Å². The van der Waals surface area contributed by atoms with Crippen molar-refractivity contribution in [3.8, 4) is 11.5 Å². The minimum absolute atomic E-state index is 0.0982. The summed E-state index contributed by atoms with van der Waals surface area (Å²) in [6.07, 6.45) is 4.58. The van der Waals surface area contributed by atoms with Crippen LogP contribution < -0.4 is 4.74 Å². The van der Waals surface area contributed by atoms with Gasteiger partial charge in [-0.1, -0.05) is 48.1 Å². The third-order valence-electron chi connectivity index (χ3n) is 4.22. The van der Waals surface area contributed by atoms with Crippen LogP contribution in [0.4, 0.5) is 0 Å². The van der Waals surface area contributed by atoms with Crippen LogP contribution in [-0.2, 0) is 11.2 Å². The zero-order chi connectivity index (χ0) is 20.7. The lowest BCUT2D eigenvalue weighted by Gasteiger charge is -2.17. The summed E-state index contributed by atoms with van der Waals surface area (Å²) >= 11 is 0. The summed E-state index contributed by atoms with van der Waals surface area (Å²) < 4.78 is 10.9. The van der Waals surface area contributed by atoms with E-state index < -0.39 is 5.97 Å². The molecule has 0 saturated heterocycles. The monoisotopic (exact) mass is 380 g/mol. The lowest BCUT2D eigenvalue weighted by atomic mass is 9.96. The van der Waals surface area contributed by atoms with E-state index in [1.54, 1.807) is 33.1 Å². The van der Waals surface area contributed by atoms with E-state index in [0.29, 0.717) is 29.7 Å². The highest BCUT2D eigenvalue weighted by Gasteiger charge is 2.24. The number of hydrogen-bond acceptors (Lipinski definition) is 4. The number of carbonyl (C=O) groups excluding carboxylic acids is 1. The average Bonchev–Trinajstić information content (AvgIpc) is 2.64. The van der Waals surface area contributed by atoms with Gasteiger partial charge >= 0.3 is 5.97 Å². The van der Waals surface area contributed by atoms with E-state index >= 15 is 0 Å². The Labute approximate surface area is 167 Å². The second-order valence-electron chi connectivity index (χ2n) is 7.03. The molecule has 0 radical (unpaired) electrons. The summed E-state index contributed by atoms with van der Waals surface area (Å²) in [5, 5.41) is 10.9. The molecule has 0 unspecified atom stereocenters. The van der Waals surface area contributed by atoms with E-state index in [0.717, 1.165) is 11.1 Å². The molecule has 4 heteroatoms. The molecule has 1 N–H and O–H groups in total. The van der Waals surface area contributed by atoms with Crippen molar-refractivity contribution in [1.82, 2.24) is 0 Å². The van der Waals surface area contributed by atoms with Crippen molar-refractivity contribution in [3.05, 3.63) is 70.8 Å². The Morgan fingerprint density at radius 2 is 1.89 bits per heavy atom. The first-order chi connectivity index (χ1) is 13.3. The molecule has 0 saturated carbocycles. The minimum atomic E-state index is -0.556. The van der Waals surface area contributed by atoms with Crippen molar-refractivity contribution >= 4 is 18.1 Å². The van der Waals surface area contributed by atoms with Gasteiger partial charge in [-0.05, 0) is 50.8 Å². The van der Waals surface area contributed by atoms with E-state index in [1.807, 2.05) is 43.3 Å². The van der Waals surface area contributed by atoms with Crippen LogP contribution in [0, 0.1) is 0 Å². The molecule has 0 aromatic heterocycles. The largest absolute Gasteiger partial charge is 0.507 e. The van der Waals surface area contributed by atoms with E-state index in [1.165, 1.54) is 0 Å². The Morgan fingerprint density at radius 1 is 1.21 bits per heavy atom. The first-order valence-corrected chi connectivity index (χ1v) is 9.34. The van der Waals surface area contributed by atoms with Crippen molar-refractivity contribution in [2.75, 3.05) is 7.11 Å². The second kappa shape index (κ2) is 9.79. The number of benzene rings is 2. The van der Waals surface area contributed by atoms with Crippen LogP contribution in [-0.4, -0.2) is 24.3 Å². The summed E-state index contributed by atoms with van der Waals surface area (Å²) in [4.78, 5) is 12.7. The van der Waals surface area contributed by atoms with Gasteiger partial charge in [-0.3, -0.25) is 0 Å². The number of ether oxygens (including phenoxy) is 2. The van der Waals surface area contributed by atoms with Crippen LogP contribution in [0.5, 0.6) is 11.5 Å². The predicted octanol–water partition coefficient (Wildman–Crippen LogP) is 5.65. The third-order valence-corrected chi connectivity index (χ3v) is 4.22. The normalized spacial score (nSPS) is 11.0. The zero-order valence-corrected chi connectivity index (χ0v) is 17.0. The predicted molar refractivity (Wildman–Crippen MR) is 114 cm³/mol. The first kappa shape index (κ1) is 21.3. The van der Waals surface area contributed by atoms with Crippen LogP contribution in [0.2, 0.25) is 0 Å². The zero-order valence-electron chi connectivity index (χ0n) is 17.0. The van der Waals surface area contributed by atoms with Gasteiger partial charge < -0.3 is 14.6 Å². The van der Waals surface area contributed by atoms with Crippen molar-refractivity contribution in [3.63, 3.8) is 0 Å². The fraction of sp³-hybridized carbons (Fsp3) is 0.292. The van der Waals surface area contributed by atoms with Crippen LogP contribution in [0.1, 0.15) is 54.2 Å². The number of allylic oxidation sites excluding steroid dienone is 1. The Hall–Kier alpha value is -3.01. The average molecular weight is 380 g/mol. The molecule has 0 atom stereocenters. The molecule has 0 heterocycles. The number of aromatic hydroxyl groups is 1. The second-order valence-corrected chi connectivity index (χ2v) is 7.03. The highest BCUT2D eigenvalue weighted by Crippen LogP contribution is 2.37. The molecule has 2 aromatic rings. The Morgan fingerprint density at radius 3 is 2.46 bits per heavy atom. The van der Waals surface area contributed by atoms with Crippen molar-refractivity contribution in [1.29, 1.82) is 0 Å². The number of rotatable bonds is 8. The Bertz CT molecular complexity index is 864. The molecule has 0 aliphatic rings. The van der Waals surface area contributed by atoms with Gasteiger partial charge in [0.25, 0.3) is 0 Å². The standard InChI is InChI=1S/C24H28O4/c1-16(2)11-14-20-21(27-5)15-19(13-12-18-9-7-6-8-10-18)22(23(20)25)24(26)28-17(3)4/h6-10,12-13,15,17,25H,1,11,14H2,2-5H3. The number of phenolic OH excluding ortho intramolecular Hbond substituents is 1. The molecule has 28 heavy (non-hydrogen) atoms. The Balaban J connectivity index is 2.57. The van der Waals surface area contributed by atoms with Gasteiger partial charge in [0.05, 0.1) is 13.2 Å². The summed E-state index contributed by atoms with van der Waals surface area (Å²) in [5.74, 6) is -0.119. The van der Waals surface area contributed by atoms with Crippen molar-refractivity contribution < 1.29 is 19.4 Å². The van der Waals surface area contributed by atoms with Crippen LogP contribution in [0.25, 0.3) is 12.2 Å². The maximum atomic E-state index is 12.7. The third kappa shape index (κ3) is 5.49. The molecule has 0 spiro atoms. The molecular weight excluding hydrogens is 352 g/mol. The molecule has 0 amide bonds. The lowest BCUT2D eigenvalue weighted by Crippen LogP contribution is -2.14. The summed E-state index contributed by atoms with van der Waals surface area (Å²) in [6, 6.07) is 11.5. The number of phenols is 1. The smallest absolute Gasteiger partial charge is 0.342 e. The minimum Gasteiger partial charge on any atom is -0.507 e. The van der Waals surface area contributed by atoms with Gasteiger partial charge in [0.2, 0.25) is 0 Å². The molecule has 148 valence electrons. The maximum absolute atomic E-state index is 12.7. The number of carbonyl (C=O) groups is 1. The first-order valence-electron chi connectivity index (χ1n) is 9.34. The van der Waals surface area contributed by atoms with E-state index in [-0.39, 0.29) is 17.4 Å². The molecule has 0 bridgehead atoms. The molecule has 2 aromatic carbocycles. The van der Waals surface area contributed by atoms with Gasteiger partial charge in [-0.15, -0.1) is 6.58 Å². The van der Waals surface area contributed by atoms with E-state index in [2.05, 4.69) is 6.58 Å². The lowest BCUT2D eigenvalue weighted by molar-refractivity contribution is 0.0374. The van der Waals surface area contributed by atoms with Crippen molar-refractivity contribution in [2.45, 2.75) is 39.7 Å². The molecule has 0 fully saturated rings. The highest BCUT2D eigenvalue weighted by molar-refractivity contribution is 5.98. The quantitative estimate of drug-likeness (QED) is 0.365. The van der Waals surface area contributed by atoms with E-state index in [9.17, 15) is 9.90 Å². The number of methoxy groups -OCH3 is 1. The SMILES string of the molecule is C=C(C)CCc1c(OC)cc(C=Cc2ccccc2)c(C(=O)OC(C)C)c1O. The van der Waals surface area contributed by atoms with Gasteiger partial charge in [0, 0.05) is 5.56 Å². The highest BCUT2D eigenvalue weighted by atomic mass is 16.5. The molecule has 0 aliphatic heterocycles. The van der Waals surface area contributed by atoms with E-state index in [4.69, 9.17) is 9.47 Å². The summed E-state index contributed by atoms with van der Waals surface area (Å²) in [6.45, 7) is 9.39. The molecule has 2 rings (SSSR count). The van der Waals surface area contributed by atoms with Gasteiger partial charge in [0.1, 0.15) is 17.1 Å². The van der Waals surface area contributed by atoms with Gasteiger partial charge in [0.15, 0.2) is 0 Å². The summed E-state index contributed by atoms with van der Waals surface area (Å²) in [5.41, 5.74) is 3.25. The Kier molecular flexibility index (Phi) is 7.44. The van der Waals surface area contributed by atoms with Gasteiger partial charge in [-0.25, -0.2) is 4.79 Å². The molecule has 0 aliphatic carbocycles. The maximum Gasteiger partial charge on any atom is 0.342 e. The van der Waals surface area contributed by atoms with Crippen molar-refractivity contribution in [2.24, 2.45) is 0 Å². The molecule has 4 nitrogen and oxygen atoms in total. The van der Waals surface area contributed by atoms with Crippen LogP contribution in [0.3, 0.4) is 0 Å². The number of esters is 1.